The van der Waals surface area contributed by atoms with Gasteiger partial charge in [-0.15, -0.1) is 11.3 Å². The van der Waals surface area contributed by atoms with Crippen molar-refractivity contribution in [3.8, 4) is 0 Å². The van der Waals surface area contributed by atoms with Crippen molar-refractivity contribution in [3.63, 3.8) is 0 Å². The highest BCUT2D eigenvalue weighted by atomic mass is 35.5. The van der Waals surface area contributed by atoms with Gasteiger partial charge in [-0.05, 0) is 36.1 Å². The number of aliphatic hydroxyl groups is 1. The standard InChI is InChI=1S/C14H16ClNOS/c1-10(11-4-2-5-12(15)8-11)16-9-13(17)14-6-3-7-18-14/h2-8,10,13,16-17H,9H2,1H3/t10-,13?/m0/s1. The molecule has 0 aliphatic carbocycles. The predicted octanol–water partition coefficient (Wildman–Crippen LogP) is 3.79. The maximum atomic E-state index is 9.98. The van der Waals surface area contributed by atoms with E-state index in [-0.39, 0.29) is 6.04 Å². The Kier molecular flexibility index (Phi) is 4.78. The summed E-state index contributed by atoms with van der Waals surface area (Å²) in [4.78, 5) is 0.987. The van der Waals surface area contributed by atoms with E-state index in [4.69, 9.17) is 11.6 Å². The van der Waals surface area contributed by atoms with Gasteiger partial charge in [-0.3, -0.25) is 0 Å². The highest BCUT2D eigenvalue weighted by Gasteiger charge is 2.11. The van der Waals surface area contributed by atoms with Gasteiger partial charge in [0.2, 0.25) is 0 Å². The maximum Gasteiger partial charge on any atom is 0.101 e. The average molecular weight is 282 g/mol. The summed E-state index contributed by atoms with van der Waals surface area (Å²) in [6.07, 6.45) is -0.452. The molecule has 1 aromatic heterocycles. The number of benzene rings is 1. The van der Waals surface area contributed by atoms with Crippen LogP contribution in [0.1, 0.15) is 29.5 Å². The third kappa shape index (κ3) is 3.56. The van der Waals surface area contributed by atoms with Gasteiger partial charge in [0, 0.05) is 22.5 Å². The molecule has 96 valence electrons. The molecule has 2 aromatic rings. The van der Waals surface area contributed by atoms with Crippen molar-refractivity contribution in [2.45, 2.75) is 19.1 Å². The zero-order valence-corrected chi connectivity index (χ0v) is 11.7. The smallest absolute Gasteiger partial charge is 0.101 e. The number of aliphatic hydroxyl groups excluding tert-OH is 1. The van der Waals surface area contributed by atoms with Gasteiger partial charge in [-0.1, -0.05) is 29.8 Å². The van der Waals surface area contributed by atoms with E-state index < -0.39 is 6.10 Å². The minimum atomic E-state index is -0.452. The third-order valence-electron chi connectivity index (χ3n) is 2.84. The monoisotopic (exact) mass is 281 g/mol. The summed E-state index contributed by atoms with van der Waals surface area (Å²) in [5.74, 6) is 0. The molecule has 2 nitrogen and oxygen atoms in total. The Labute approximate surface area is 116 Å². The first kappa shape index (κ1) is 13.6. The van der Waals surface area contributed by atoms with Gasteiger partial charge in [-0.2, -0.15) is 0 Å². The minimum absolute atomic E-state index is 0.165. The van der Waals surface area contributed by atoms with Crippen molar-refractivity contribution in [2.75, 3.05) is 6.54 Å². The van der Waals surface area contributed by atoms with E-state index in [1.165, 1.54) is 0 Å². The molecule has 1 aromatic carbocycles. The van der Waals surface area contributed by atoms with E-state index in [2.05, 4.69) is 12.2 Å². The van der Waals surface area contributed by atoms with Crippen LogP contribution in [0.15, 0.2) is 41.8 Å². The maximum absolute atomic E-state index is 9.98. The summed E-state index contributed by atoms with van der Waals surface area (Å²) in [5.41, 5.74) is 1.13. The van der Waals surface area contributed by atoms with Crippen molar-refractivity contribution in [3.05, 3.63) is 57.2 Å². The molecule has 0 spiro atoms. The fourth-order valence-electron chi connectivity index (χ4n) is 1.76. The number of rotatable bonds is 5. The van der Waals surface area contributed by atoms with Crippen LogP contribution in [0.25, 0.3) is 0 Å². The van der Waals surface area contributed by atoms with E-state index in [0.717, 1.165) is 15.5 Å². The summed E-state index contributed by atoms with van der Waals surface area (Å²) in [7, 11) is 0. The minimum Gasteiger partial charge on any atom is -0.386 e. The largest absolute Gasteiger partial charge is 0.386 e. The lowest BCUT2D eigenvalue weighted by Gasteiger charge is -2.17. The van der Waals surface area contributed by atoms with Crippen molar-refractivity contribution in [1.82, 2.24) is 5.32 Å². The lowest BCUT2D eigenvalue weighted by molar-refractivity contribution is 0.174. The molecule has 0 fully saturated rings. The molecule has 0 aliphatic heterocycles. The second kappa shape index (κ2) is 6.34. The Morgan fingerprint density at radius 2 is 2.17 bits per heavy atom. The second-order valence-corrected chi connectivity index (χ2v) is 5.63. The average Bonchev–Trinajstić information content (AvgIpc) is 2.89. The molecule has 0 radical (unpaired) electrons. The van der Waals surface area contributed by atoms with Gasteiger partial charge < -0.3 is 10.4 Å². The molecule has 0 saturated heterocycles. The van der Waals surface area contributed by atoms with Crippen LogP contribution in [0.4, 0.5) is 0 Å². The van der Waals surface area contributed by atoms with Crippen molar-refractivity contribution in [1.29, 1.82) is 0 Å². The topological polar surface area (TPSA) is 32.3 Å². The highest BCUT2D eigenvalue weighted by Crippen LogP contribution is 2.20. The van der Waals surface area contributed by atoms with Crippen molar-refractivity contribution >= 4 is 22.9 Å². The van der Waals surface area contributed by atoms with Gasteiger partial charge in [0.15, 0.2) is 0 Å². The molecule has 0 bridgehead atoms. The van der Waals surface area contributed by atoms with Crippen LogP contribution in [-0.4, -0.2) is 11.7 Å². The Morgan fingerprint density at radius 3 is 2.83 bits per heavy atom. The normalized spacial score (nSPS) is 14.4. The van der Waals surface area contributed by atoms with Crippen LogP contribution < -0.4 is 5.32 Å². The van der Waals surface area contributed by atoms with E-state index in [1.807, 2.05) is 41.8 Å². The van der Waals surface area contributed by atoms with Crippen LogP contribution in [0.2, 0.25) is 5.02 Å². The van der Waals surface area contributed by atoms with Crippen molar-refractivity contribution in [2.24, 2.45) is 0 Å². The van der Waals surface area contributed by atoms with Crippen LogP contribution >= 0.6 is 22.9 Å². The Bertz CT molecular complexity index is 486. The quantitative estimate of drug-likeness (QED) is 0.874. The lowest BCUT2D eigenvalue weighted by Crippen LogP contribution is -2.24. The fraction of sp³-hybridized carbons (Fsp3) is 0.286. The van der Waals surface area contributed by atoms with Gasteiger partial charge in [-0.25, -0.2) is 0 Å². The number of nitrogens with one attached hydrogen (secondary N) is 1. The fourth-order valence-corrected chi connectivity index (χ4v) is 2.67. The molecule has 1 heterocycles. The summed E-state index contributed by atoms with van der Waals surface area (Å²) >= 11 is 7.53. The number of thiophene rings is 1. The molecule has 2 rings (SSSR count). The number of halogens is 1. The second-order valence-electron chi connectivity index (χ2n) is 4.22. The van der Waals surface area contributed by atoms with Gasteiger partial charge >= 0.3 is 0 Å². The predicted molar refractivity (Wildman–Crippen MR) is 77.1 cm³/mol. The van der Waals surface area contributed by atoms with Gasteiger partial charge in [0.1, 0.15) is 6.10 Å². The Morgan fingerprint density at radius 1 is 1.33 bits per heavy atom. The van der Waals surface area contributed by atoms with E-state index in [0.29, 0.717) is 6.54 Å². The summed E-state index contributed by atoms with van der Waals surface area (Å²) in [5, 5.41) is 16.0. The molecular formula is C14H16ClNOS. The van der Waals surface area contributed by atoms with Gasteiger partial charge in [0.05, 0.1) is 0 Å². The molecule has 0 amide bonds. The first-order chi connectivity index (χ1) is 8.66. The molecule has 0 aliphatic rings. The zero-order chi connectivity index (χ0) is 13.0. The Balaban J connectivity index is 1.90. The van der Waals surface area contributed by atoms with Crippen molar-refractivity contribution < 1.29 is 5.11 Å². The molecular weight excluding hydrogens is 266 g/mol. The summed E-state index contributed by atoms with van der Waals surface area (Å²) in [6.45, 7) is 2.60. The summed E-state index contributed by atoms with van der Waals surface area (Å²) in [6, 6.07) is 11.8. The van der Waals surface area contributed by atoms with E-state index in [9.17, 15) is 5.11 Å². The lowest BCUT2D eigenvalue weighted by atomic mass is 10.1. The van der Waals surface area contributed by atoms with Crippen LogP contribution in [-0.2, 0) is 0 Å². The van der Waals surface area contributed by atoms with Gasteiger partial charge in [0.25, 0.3) is 0 Å². The van der Waals surface area contributed by atoms with E-state index in [1.54, 1.807) is 11.3 Å². The van der Waals surface area contributed by atoms with Crippen LogP contribution in [0.5, 0.6) is 0 Å². The molecule has 4 heteroatoms. The SMILES string of the molecule is C[C@H](NCC(O)c1cccs1)c1cccc(Cl)c1. The first-order valence-electron chi connectivity index (χ1n) is 5.87. The molecule has 2 N–H and O–H groups in total. The zero-order valence-electron chi connectivity index (χ0n) is 10.1. The molecule has 2 atom stereocenters. The number of hydrogen-bond donors (Lipinski definition) is 2. The summed E-state index contributed by atoms with van der Waals surface area (Å²) < 4.78 is 0. The Hall–Kier alpha value is -0.870. The van der Waals surface area contributed by atoms with E-state index >= 15 is 0 Å². The molecule has 1 unspecified atom stereocenters. The molecule has 18 heavy (non-hydrogen) atoms. The highest BCUT2D eigenvalue weighted by molar-refractivity contribution is 7.10. The van der Waals surface area contributed by atoms with Crippen LogP contribution in [0, 0.1) is 0 Å². The van der Waals surface area contributed by atoms with Crippen LogP contribution in [0.3, 0.4) is 0 Å². The molecule has 0 saturated carbocycles. The number of hydrogen-bond acceptors (Lipinski definition) is 3. The first-order valence-corrected chi connectivity index (χ1v) is 7.13. The third-order valence-corrected chi connectivity index (χ3v) is 4.05.